The summed E-state index contributed by atoms with van der Waals surface area (Å²) in [5.41, 5.74) is 6.44. The third-order valence-electron chi connectivity index (χ3n) is 3.30. The topological polar surface area (TPSA) is 84.2 Å². The van der Waals surface area contributed by atoms with Crippen LogP contribution in [0.5, 0.6) is 0 Å². The van der Waals surface area contributed by atoms with E-state index in [1.807, 2.05) is 0 Å². The van der Waals surface area contributed by atoms with Gasteiger partial charge in [0.25, 0.3) is 0 Å². The number of nitrogens with two attached hydrogens (primary N) is 1. The second-order valence-electron chi connectivity index (χ2n) is 5.09. The predicted octanol–water partition coefficient (Wildman–Crippen LogP) is 1.76. The van der Waals surface area contributed by atoms with Crippen LogP contribution < -0.4 is 16.4 Å². The van der Waals surface area contributed by atoms with Crippen molar-refractivity contribution in [3.63, 3.8) is 0 Å². The highest BCUT2D eigenvalue weighted by molar-refractivity contribution is 6.30. The van der Waals surface area contributed by atoms with Crippen LogP contribution in [-0.4, -0.2) is 24.9 Å². The van der Waals surface area contributed by atoms with Crippen molar-refractivity contribution in [2.75, 3.05) is 13.1 Å². The molecule has 4 N–H and O–H groups in total. The standard InChI is InChI=1S/C17H17ClFN3O2/c18-13-5-1-3-11(7-13)17(12-4-2-6-14(19)8-12)22-16(24)10-21-15(23)9-20/h1-8,17H,9-10,20H2,(H,21,23)(H,22,24). The van der Waals surface area contributed by atoms with Gasteiger partial charge in [-0.1, -0.05) is 35.9 Å². The average Bonchev–Trinajstić information content (AvgIpc) is 2.57. The zero-order chi connectivity index (χ0) is 17.5. The van der Waals surface area contributed by atoms with E-state index in [9.17, 15) is 14.0 Å². The highest BCUT2D eigenvalue weighted by Gasteiger charge is 2.18. The van der Waals surface area contributed by atoms with Gasteiger partial charge in [-0.25, -0.2) is 4.39 Å². The van der Waals surface area contributed by atoms with E-state index in [0.717, 1.165) is 0 Å². The van der Waals surface area contributed by atoms with Gasteiger partial charge in [-0.3, -0.25) is 9.59 Å². The Balaban J connectivity index is 2.23. The number of rotatable bonds is 6. The van der Waals surface area contributed by atoms with Gasteiger partial charge >= 0.3 is 0 Å². The molecule has 24 heavy (non-hydrogen) atoms. The fourth-order valence-corrected chi connectivity index (χ4v) is 2.39. The van der Waals surface area contributed by atoms with Gasteiger partial charge in [-0.2, -0.15) is 0 Å². The third kappa shape index (κ3) is 5.04. The summed E-state index contributed by atoms with van der Waals surface area (Å²) >= 11 is 6.01. The van der Waals surface area contributed by atoms with Crippen molar-refractivity contribution in [3.8, 4) is 0 Å². The zero-order valence-corrected chi connectivity index (χ0v) is 13.5. The van der Waals surface area contributed by atoms with E-state index < -0.39 is 23.7 Å². The molecule has 7 heteroatoms. The van der Waals surface area contributed by atoms with E-state index in [1.165, 1.54) is 12.1 Å². The summed E-state index contributed by atoms with van der Waals surface area (Å²) < 4.78 is 13.5. The minimum atomic E-state index is -0.596. The molecule has 1 unspecified atom stereocenters. The van der Waals surface area contributed by atoms with Gasteiger partial charge in [0.2, 0.25) is 11.8 Å². The summed E-state index contributed by atoms with van der Waals surface area (Å²) in [6.07, 6.45) is 0. The summed E-state index contributed by atoms with van der Waals surface area (Å²) in [6, 6.07) is 12.2. The molecule has 126 valence electrons. The van der Waals surface area contributed by atoms with E-state index in [0.29, 0.717) is 16.1 Å². The fraction of sp³-hybridized carbons (Fsp3) is 0.176. The zero-order valence-electron chi connectivity index (χ0n) is 12.8. The van der Waals surface area contributed by atoms with Crippen LogP contribution in [0.3, 0.4) is 0 Å². The summed E-state index contributed by atoms with van der Waals surface area (Å²) in [7, 11) is 0. The Morgan fingerprint density at radius 1 is 1.08 bits per heavy atom. The number of amides is 2. The van der Waals surface area contributed by atoms with Crippen LogP contribution in [-0.2, 0) is 9.59 Å². The maximum atomic E-state index is 13.5. The quantitative estimate of drug-likeness (QED) is 0.743. The first-order valence-corrected chi connectivity index (χ1v) is 7.64. The first-order chi connectivity index (χ1) is 11.5. The summed E-state index contributed by atoms with van der Waals surface area (Å²) in [4.78, 5) is 23.2. The molecular formula is C17H17ClFN3O2. The van der Waals surface area contributed by atoms with Crippen molar-refractivity contribution in [2.24, 2.45) is 5.73 Å². The average molecular weight is 350 g/mol. The third-order valence-corrected chi connectivity index (χ3v) is 3.54. The summed E-state index contributed by atoms with van der Waals surface area (Å²) in [5.74, 6) is -1.27. The second kappa shape index (κ2) is 8.42. The molecule has 0 heterocycles. The molecule has 0 saturated carbocycles. The molecule has 1 atom stereocenters. The van der Waals surface area contributed by atoms with Crippen LogP contribution in [0, 0.1) is 5.82 Å². The molecule has 2 aromatic carbocycles. The van der Waals surface area contributed by atoms with Gasteiger partial charge in [0.15, 0.2) is 0 Å². The predicted molar refractivity (Wildman–Crippen MR) is 89.9 cm³/mol. The smallest absolute Gasteiger partial charge is 0.240 e. The van der Waals surface area contributed by atoms with Crippen LogP contribution in [0.1, 0.15) is 17.2 Å². The van der Waals surface area contributed by atoms with Gasteiger partial charge in [0.1, 0.15) is 5.82 Å². The van der Waals surface area contributed by atoms with Crippen LogP contribution in [0.4, 0.5) is 4.39 Å². The Kier molecular flexibility index (Phi) is 6.28. The molecule has 0 bridgehead atoms. The number of hydrogen-bond acceptors (Lipinski definition) is 3. The summed E-state index contributed by atoms with van der Waals surface area (Å²) in [6.45, 7) is -0.419. The van der Waals surface area contributed by atoms with Gasteiger partial charge < -0.3 is 16.4 Å². The van der Waals surface area contributed by atoms with E-state index in [4.69, 9.17) is 17.3 Å². The molecule has 0 radical (unpaired) electrons. The normalized spacial score (nSPS) is 11.6. The lowest BCUT2D eigenvalue weighted by Crippen LogP contribution is -2.41. The largest absolute Gasteiger partial charge is 0.346 e. The molecule has 2 amide bonds. The van der Waals surface area contributed by atoms with Gasteiger partial charge in [0, 0.05) is 5.02 Å². The molecule has 2 rings (SSSR count). The van der Waals surface area contributed by atoms with Gasteiger partial charge in [-0.15, -0.1) is 0 Å². The molecule has 0 aliphatic rings. The lowest BCUT2D eigenvalue weighted by molar-refractivity contribution is -0.125. The highest BCUT2D eigenvalue weighted by atomic mass is 35.5. The maximum Gasteiger partial charge on any atom is 0.240 e. The number of carbonyl (C=O) groups excluding carboxylic acids is 2. The van der Waals surface area contributed by atoms with E-state index in [-0.39, 0.29) is 13.1 Å². The number of nitrogens with one attached hydrogen (secondary N) is 2. The second-order valence-corrected chi connectivity index (χ2v) is 5.53. The summed E-state index contributed by atoms with van der Waals surface area (Å²) in [5, 5.41) is 5.65. The molecule has 2 aromatic rings. The first kappa shape index (κ1) is 17.9. The number of benzene rings is 2. The number of carbonyl (C=O) groups is 2. The minimum absolute atomic E-state index is 0.200. The Hall–Kier alpha value is -2.44. The highest BCUT2D eigenvalue weighted by Crippen LogP contribution is 2.25. The molecule has 0 fully saturated rings. The maximum absolute atomic E-state index is 13.5. The number of halogens is 2. The Labute approximate surface area is 144 Å². The van der Waals surface area contributed by atoms with Crippen LogP contribution in [0.25, 0.3) is 0 Å². The molecule has 5 nitrogen and oxygen atoms in total. The van der Waals surface area contributed by atoms with Crippen LogP contribution in [0.2, 0.25) is 5.02 Å². The van der Waals surface area contributed by atoms with E-state index in [1.54, 1.807) is 36.4 Å². The van der Waals surface area contributed by atoms with Crippen LogP contribution >= 0.6 is 11.6 Å². The van der Waals surface area contributed by atoms with Crippen molar-refractivity contribution in [1.29, 1.82) is 0 Å². The molecule has 0 saturated heterocycles. The molecule has 0 aliphatic carbocycles. The van der Waals surface area contributed by atoms with Crippen molar-refractivity contribution in [2.45, 2.75) is 6.04 Å². The van der Waals surface area contributed by atoms with E-state index >= 15 is 0 Å². The monoisotopic (exact) mass is 349 g/mol. The van der Waals surface area contributed by atoms with Gasteiger partial charge in [-0.05, 0) is 35.4 Å². The number of hydrogen-bond donors (Lipinski definition) is 3. The Bertz CT molecular complexity index is 694. The van der Waals surface area contributed by atoms with Crippen LogP contribution in [0.15, 0.2) is 48.5 Å². The Morgan fingerprint density at radius 2 is 1.75 bits per heavy atom. The SMILES string of the molecule is NCC(=O)NCC(=O)NC(c1cccc(F)c1)c1cccc(Cl)c1. The van der Waals surface area contributed by atoms with E-state index in [2.05, 4.69) is 10.6 Å². The lowest BCUT2D eigenvalue weighted by atomic mass is 9.98. The molecule has 0 aromatic heterocycles. The molecular weight excluding hydrogens is 333 g/mol. The van der Waals surface area contributed by atoms with Gasteiger partial charge in [0.05, 0.1) is 19.1 Å². The Morgan fingerprint density at radius 3 is 2.38 bits per heavy atom. The fourth-order valence-electron chi connectivity index (χ4n) is 2.19. The first-order valence-electron chi connectivity index (χ1n) is 7.26. The van der Waals surface area contributed by atoms with Crippen molar-refractivity contribution in [3.05, 3.63) is 70.5 Å². The minimum Gasteiger partial charge on any atom is -0.346 e. The lowest BCUT2D eigenvalue weighted by Gasteiger charge is -2.20. The molecule has 0 aliphatic heterocycles. The van der Waals surface area contributed by atoms with Crippen molar-refractivity contribution >= 4 is 23.4 Å². The molecule has 0 spiro atoms. The van der Waals surface area contributed by atoms with Crippen molar-refractivity contribution < 1.29 is 14.0 Å². The van der Waals surface area contributed by atoms with Crippen molar-refractivity contribution in [1.82, 2.24) is 10.6 Å².